The molecule has 0 aromatic heterocycles. The predicted molar refractivity (Wildman–Crippen MR) is 71.0 cm³/mol. The fourth-order valence-corrected chi connectivity index (χ4v) is 4.12. The lowest BCUT2D eigenvalue weighted by atomic mass is 9.99. The van der Waals surface area contributed by atoms with Gasteiger partial charge in [0.1, 0.15) is 0 Å². The number of hydrogen-bond donors (Lipinski definition) is 2. The van der Waals surface area contributed by atoms with Crippen molar-refractivity contribution in [3.63, 3.8) is 0 Å². The number of thioether (sulfide) groups is 1. The van der Waals surface area contributed by atoms with Crippen LogP contribution in [0.5, 0.6) is 0 Å². The van der Waals surface area contributed by atoms with E-state index in [0.29, 0.717) is 12.6 Å². The normalized spacial score (nSPS) is 36.6. The highest BCUT2D eigenvalue weighted by molar-refractivity contribution is 8.00. The molecule has 2 nitrogen and oxygen atoms in total. The minimum absolute atomic E-state index is 0.0618. The maximum atomic E-state index is 9.63. The van der Waals surface area contributed by atoms with Crippen molar-refractivity contribution >= 4 is 11.8 Å². The summed E-state index contributed by atoms with van der Waals surface area (Å²) in [5, 5.41) is 14.8. The van der Waals surface area contributed by atoms with Crippen LogP contribution in [0, 0.1) is 0 Å². The van der Waals surface area contributed by atoms with E-state index in [-0.39, 0.29) is 5.54 Å². The summed E-state index contributed by atoms with van der Waals surface area (Å²) in [7, 11) is 0. The number of aliphatic hydroxyl groups is 1. The first-order valence-electron chi connectivity index (χ1n) is 6.71. The molecule has 2 saturated carbocycles. The highest BCUT2D eigenvalue weighted by Gasteiger charge is 2.42. The van der Waals surface area contributed by atoms with E-state index in [9.17, 15) is 5.11 Å². The van der Waals surface area contributed by atoms with E-state index >= 15 is 0 Å². The van der Waals surface area contributed by atoms with E-state index in [1.165, 1.54) is 25.7 Å². The quantitative estimate of drug-likeness (QED) is 0.752. The molecular weight excluding hydrogens is 218 g/mol. The molecule has 0 aromatic rings. The summed E-state index contributed by atoms with van der Waals surface area (Å²) in [6, 6.07) is 0.708. The van der Waals surface area contributed by atoms with E-state index in [1.54, 1.807) is 0 Å². The summed E-state index contributed by atoms with van der Waals surface area (Å²) >= 11 is 2.12. The second kappa shape index (κ2) is 5.28. The third-order valence-corrected chi connectivity index (χ3v) is 5.54. The maximum Gasteiger partial charge on any atom is 0.0613 e. The number of hydrogen-bond acceptors (Lipinski definition) is 3. The van der Waals surface area contributed by atoms with E-state index in [1.807, 2.05) is 0 Å². The fourth-order valence-electron chi connectivity index (χ4n) is 2.60. The lowest BCUT2D eigenvalue weighted by molar-refractivity contribution is 0.163. The van der Waals surface area contributed by atoms with Crippen molar-refractivity contribution in [1.29, 1.82) is 0 Å². The molecule has 2 aliphatic rings. The molecule has 0 spiro atoms. The zero-order chi connectivity index (χ0) is 11.6. The van der Waals surface area contributed by atoms with Crippen molar-refractivity contribution < 1.29 is 5.11 Å². The highest BCUT2D eigenvalue weighted by atomic mass is 32.2. The van der Waals surface area contributed by atoms with Crippen LogP contribution in [-0.4, -0.2) is 33.8 Å². The van der Waals surface area contributed by atoms with Crippen LogP contribution in [0.25, 0.3) is 0 Å². The maximum absolute atomic E-state index is 9.63. The number of nitrogens with one attached hydrogen (secondary N) is 1. The van der Waals surface area contributed by atoms with Crippen molar-refractivity contribution in [2.24, 2.45) is 0 Å². The molecule has 94 valence electrons. The van der Waals surface area contributed by atoms with Crippen molar-refractivity contribution in [2.75, 3.05) is 6.61 Å². The van der Waals surface area contributed by atoms with Crippen LogP contribution in [0.3, 0.4) is 0 Å². The fraction of sp³-hybridized carbons (Fsp3) is 1.00. The number of rotatable bonds is 6. The van der Waals surface area contributed by atoms with E-state index in [4.69, 9.17) is 0 Å². The minimum atomic E-state index is 0.0618. The van der Waals surface area contributed by atoms with Gasteiger partial charge in [-0.1, -0.05) is 13.8 Å². The second-order valence-corrected chi connectivity index (χ2v) is 7.32. The third-order valence-electron chi connectivity index (χ3n) is 3.95. The Balaban J connectivity index is 1.83. The summed E-state index contributed by atoms with van der Waals surface area (Å²) in [5.41, 5.74) is 0.0618. The van der Waals surface area contributed by atoms with Gasteiger partial charge in [-0.25, -0.2) is 0 Å². The van der Waals surface area contributed by atoms with E-state index in [0.717, 1.165) is 23.3 Å². The van der Waals surface area contributed by atoms with Gasteiger partial charge in [-0.3, -0.25) is 0 Å². The summed E-state index contributed by atoms with van der Waals surface area (Å²) in [6.45, 7) is 4.90. The summed E-state index contributed by atoms with van der Waals surface area (Å²) in [4.78, 5) is 0. The van der Waals surface area contributed by atoms with Crippen LogP contribution in [0.4, 0.5) is 0 Å². The first kappa shape index (κ1) is 12.7. The Labute approximate surface area is 104 Å². The van der Waals surface area contributed by atoms with Gasteiger partial charge >= 0.3 is 0 Å². The van der Waals surface area contributed by atoms with Gasteiger partial charge in [0.15, 0.2) is 0 Å². The van der Waals surface area contributed by atoms with Gasteiger partial charge in [0, 0.05) is 22.1 Å². The Morgan fingerprint density at radius 3 is 2.75 bits per heavy atom. The first-order chi connectivity index (χ1) is 7.67. The topological polar surface area (TPSA) is 32.3 Å². The molecule has 3 heteroatoms. The molecule has 2 N–H and O–H groups in total. The average molecular weight is 243 g/mol. The molecule has 2 fully saturated rings. The zero-order valence-electron chi connectivity index (χ0n) is 10.5. The summed E-state index contributed by atoms with van der Waals surface area (Å²) in [5.74, 6) is 0. The van der Waals surface area contributed by atoms with Crippen LogP contribution in [0.15, 0.2) is 0 Å². The summed E-state index contributed by atoms with van der Waals surface area (Å²) in [6.07, 6.45) is 7.47. The molecule has 0 bridgehead atoms. The van der Waals surface area contributed by atoms with Crippen molar-refractivity contribution in [3.05, 3.63) is 0 Å². The molecule has 3 atom stereocenters. The Bertz CT molecular complexity index is 232. The van der Waals surface area contributed by atoms with Crippen LogP contribution in [0.1, 0.15) is 52.4 Å². The Morgan fingerprint density at radius 1 is 1.44 bits per heavy atom. The standard InChI is InChI=1S/C13H25NOS/c1-3-10(2)16-12-6-7-13(8-12,9-15)14-11-4-5-11/h10-12,14-15H,3-9H2,1-2H3. The van der Waals surface area contributed by atoms with Gasteiger partial charge in [0.2, 0.25) is 0 Å². The number of aliphatic hydroxyl groups excluding tert-OH is 1. The smallest absolute Gasteiger partial charge is 0.0613 e. The molecule has 0 radical (unpaired) electrons. The van der Waals surface area contributed by atoms with Crippen LogP contribution < -0.4 is 5.32 Å². The molecule has 0 amide bonds. The van der Waals surface area contributed by atoms with E-state index < -0.39 is 0 Å². The lowest BCUT2D eigenvalue weighted by Crippen LogP contribution is -2.47. The molecule has 16 heavy (non-hydrogen) atoms. The van der Waals surface area contributed by atoms with Crippen LogP contribution in [0.2, 0.25) is 0 Å². The second-order valence-electron chi connectivity index (χ2n) is 5.58. The predicted octanol–water partition coefficient (Wildman–Crippen LogP) is 2.55. The van der Waals surface area contributed by atoms with Crippen molar-refractivity contribution in [2.45, 2.75) is 74.5 Å². The van der Waals surface area contributed by atoms with E-state index in [2.05, 4.69) is 30.9 Å². The van der Waals surface area contributed by atoms with Gasteiger partial charge in [0.25, 0.3) is 0 Å². The van der Waals surface area contributed by atoms with Crippen molar-refractivity contribution in [1.82, 2.24) is 5.32 Å². The SMILES string of the molecule is CCC(C)SC1CCC(CO)(NC2CC2)C1. The van der Waals surface area contributed by atoms with Gasteiger partial charge in [-0.05, 0) is 38.5 Å². The molecule has 2 aliphatic carbocycles. The van der Waals surface area contributed by atoms with Crippen molar-refractivity contribution in [3.8, 4) is 0 Å². The molecule has 2 rings (SSSR count). The van der Waals surface area contributed by atoms with Gasteiger partial charge in [0.05, 0.1) is 6.61 Å². The molecule has 0 heterocycles. The molecule has 0 aliphatic heterocycles. The van der Waals surface area contributed by atoms with Gasteiger partial charge in [-0.2, -0.15) is 11.8 Å². The average Bonchev–Trinajstić information content (AvgIpc) is 3.00. The third kappa shape index (κ3) is 3.14. The Hall–Kier alpha value is 0.270. The zero-order valence-corrected chi connectivity index (χ0v) is 11.4. The van der Waals surface area contributed by atoms with Crippen LogP contribution in [-0.2, 0) is 0 Å². The minimum Gasteiger partial charge on any atom is -0.394 e. The van der Waals surface area contributed by atoms with Gasteiger partial charge in [-0.15, -0.1) is 0 Å². The summed E-state index contributed by atoms with van der Waals surface area (Å²) < 4.78 is 0. The lowest BCUT2D eigenvalue weighted by Gasteiger charge is -2.29. The molecular formula is C13H25NOS. The monoisotopic (exact) mass is 243 g/mol. The Morgan fingerprint density at radius 2 is 2.19 bits per heavy atom. The largest absolute Gasteiger partial charge is 0.394 e. The highest BCUT2D eigenvalue weighted by Crippen LogP contribution is 2.40. The Kier molecular flexibility index (Phi) is 4.20. The molecule has 3 unspecified atom stereocenters. The van der Waals surface area contributed by atoms with Crippen LogP contribution >= 0.6 is 11.8 Å². The molecule has 0 saturated heterocycles. The first-order valence-corrected chi connectivity index (χ1v) is 7.66. The molecule has 0 aromatic carbocycles. The van der Waals surface area contributed by atoms with Gasteiger partial charge < -0.3 is 10.4 Å².